The van der Waals surface area contributed by atoms with Gasteiger partial charge >= 0.3 is 0 Å². The number of hydrogen-bond acceptors (Lipinski definition) is 3. The van der Waals surface area contributed by atoms with Crippen molar-refractivity contribution in [3.05, 3.63) is 35.4 Å². The van der Waals surface area contributed by atoms with Gasteiger partial charge in [-0.25, -0.2) is 0 Å². The molecule has 0 aromatic heterocycles. The summed E-state index contributed by atoms with van der Waals surface area (Å²) in [7, 11) is 1.70. The van der Waals surface area contributed by atoms with E-state index in [1.807, 2.05) is 0 Å². The van der Waals surface area contributed by atoms with Crippen LogP contribution < -0.4 is 5.32 Å². The Morgan fingerprint density at radius 1 is 1.25 bits per heavy atom. The largest absolute Gasteiger partial charge is 0.394 e. The molecule has 0 amide bonds. The Morgan fingerprint density at radius 3 is 2.38 bits per heavy atom. The first-order valence-electron chi connectivity index (χ1n) is 5.71. The fourth-order valence-electron chi connectivity index (χ4n) is 1.75. The molecule has 1 aromatic rings. The summed E-state index contributed by atoms with van der Waals surface area (Å²) in [5, 5.41) is 12.6. The van der Waals surface area contributed by atoms with Crippen LogP contribution in [0.15, 0.2) is 24.3 Å². The molecule has 0 heterocycles. The van der Waals surface area contributed by atoms with Crippen LogP contribution in [-0.2, 0) is 17.9 Å². The summed E-state index contributed by atoms with van der Waals surface area (Å²) in [6, 6.07) is 8.38. The second kappa shape index (κ2) is 4.95. The second-order valence-corrected chi connectivity index (χ2v) is 4.54. The van der Waals surface area contributed by atoms with E-state index < -0.39 is 0 Å². The van der Waals surface area contributed by atoms with Gasteiger partial charge in [0.1, 0.15) is 0 Å². The Labute approximate surface area is 96.4 Å². The molecule has 16 heavy (non-hydrogen) atoms. The van der Waals surface area contributed by atoms with Gasteiger partial charge in [0.15, 0.2) is 0 Å². The van der Waals surface area contributed by atoms with Crippen LogP contribution in [0.2, 0.25) is 0 Å². The molecule has 0 saturated heterocycles. The van der Waals surface area contributed by atoms with Gasteiger partial charge in [-0.15, -0.1) is 0 Å². The molecule has 0 bridgehead atoms. The number of ether oxygens (including phenoxy) is 1. The first-order valence-corrected chi connectivity index (χ1v) is 5.71. The first-order chi connectivity index (χ1) is 7.78. The zero-order valence-corrected chi connectivity index (χ0v) is 9.70. The molecular formula is C13H19NO2. The van der Waals surface area contributed by atoms with E-state index in [1.165, 1.54) is 11.1 Å². The molecule has 3 heteroatoms. The van der Waals surface area contributed by atoms with Crippen molar-refractivity contribution in [3.8, 4) is 0 Å². The van der Waals surface area contributed by atoms with E-state index in [1.54, 1.807) is 7.11 Å². The SMILES string of the molecule is COCc1ccc(CNC2(CO)CC2)cc1. The predicted molar refractivity (Wildman–Crippen MR) is 63.0 cm³/mol. The lowest BCUT2D eigenvalue weighted by molar-refractivity contribution is 0.185. The summed E-state index contributed by atoms with van der Waals surface area (Å²) in [6.07, 6.45) is 2.18. The van der Waals surface area contributed by atoms with Crippen molar-refractivity contribution in [1.29, 1.82) is 0 Å². The average molecular weight is 221 g/mol. The molecule has 0 unspecified atom stereocenters. The monoisotopic (exact) mass is 221 g/mol. The third-order valence-electron chi connectivity index (χ3n) is 3.16. The minimum atomic E-state index is 0.0190. The number of methoxy groups -OCH3 is 1. The number of benzene rings is 1. The maximum atomic E-state index is 9.17. The van der Waals surface area contributed by atoms with Crippen LogP contribution in [0.5, 0.6) is 0 Å². The molecule has 1 saturated carbocycles. The number of aliphatic hydroxyl groups excluding tert-OH is 1. The zero-order valence-electron chi connectivity index (χ0n) is 9.70. The lowest BCUT2D eigenvalue weighted by Gasteiger charge is -2.14. The van der Waals surface area contributed by atoms with Gasteiger partial charge in [-0.2, -0.15) is 0 Å². The topological polar surface area (TPSA) is 41.5 Å². The van der Waals surface area contributed by atoms with Gasteiger partial charge in [0.2, 0.25) is 0 Å². The standard InChI is InChI=1S/C13H19NO2/c1-16-9-12-4-2-11(3-5-12)8-14-13(10-15)6-7-13/h2-5,14-15H,6-10H2,1H3. The Hall–Kier alpha value is -0.900. The van der Waals surface area contributed by atoms with E-state index in [0.717, 1.165) is 19.4 Å². The summed E-state index contributed by atoms with van der Waals surface area (Å²) in [5.74, 6) is 0. The van der Waals surface area contributed by atoms with Crippen LogP contribution in [0, 0.1) is 0 Å². The molecule has 2 N–H and O–H groups in total. The average Bonchev–Trinajstić information content (AvgIpc) is 3.09. The van der Waals surface area contributed by atoms with Crippen LogP contribution >= 0.6 is 0 Å². The van der Waals surface area contributed by atoms with Crippen LogP contribution in [0.3, 0.4) is 0 Å². The van der Waals surface area contributed by atoms with Crippen LogP contribution in [0.25, 0.3) is 0 Å². The highest BCUT2D eigenvalue weighted by atomic mass is 16.5. The van der Waals surface area contributed by atoms with E-state index in [4.69, 9.17) is 9.84 Å². The van der Waals surface area contributed by atoms with Gasteiger partial charge in [-0.05, 0) is 24.0 Å². The third-order valence-corrected chi connectivity index (χ3v) is 3.16. The molecule has 1 aliphatic carbocycles. The molecule has 0 radical (unpaired) electrons. The quantitative estimate of drug-likeness (QED) is 0.764. The van der Waals surface area contributed by atoms with Crippen molar-refractivity contribution in [3.63, 3.8) is 0 Å². The van der Waals surface area contributed by atoms with Gasteiger partial charge in [0.05, 0.1) is 13.2 Å². The third kappa shape index (κ3) is 2.82. The Bertz CT molecular complexity index is 330. The number of hydrogen-bond donors (Lipinski definition) is 2. The van der Waals surface area contributed by atoms with Crippen molar-refractivity contribution in [2.45, 2.75) is 31.5 Å². The Balaban J connectivity index is 1.85. The summed E-state index contributed by atoms with van der Waals surface area (Å²) in [6.45, 7) is 1.73. The van der Waals surface area contributed by atoms with E-state index in [0.29, 0.717) is 6.61 Å². The fourth-order valence-corrected chi connectivity index (χ4v) is 1.75. The number of aliphatic hydroxyl groups is 1. The van der Waals surface area contributed by atoms with Gasteiger partial charge in [0.25, 0.3) is 0 Å². The van der Waals surface area contributed by atoms with Gasteiger partial charge in [-0.1, -0.05) is 24.3 Å². The number of nitrogens with one attached hydrogen (secondary N) is 1. The van der Waals surface area contributed by atoms with Gasteiger partial charge < -0.3 is 15.2 Å². The molecule has 0 aliphatic heterocycles. The molecule has 88 valence electrons. The van der Waals surface area contributed by atoms with Crippen LogP contribution in [0.1, 0.15) is 24.0 Å². The molecular weight excluding hydrogens is 202 g/mol. The minimum Gasteiger partial charge on any atom is -0.394 e. The van der Waals surface area contributed by atoms with Gasteiger partial charge in [0, 0.05) is 19.2 Å². The Kier molecular flexibility index (Phi) is 3.59. The second-order valence-electron chi connectivity index (χ2n) is 4.54. The van der Waals surface area contributed by atoms with Crippen molar-refractivity contribution >= 4 is 0 Å². The highest BCUT2D eigenvalue weighted by Crippen LogP contribution is 2.34. The maximum absolute atomic E-state index is 9.17. The fraction of sp³-hybridized carbons (Fsp3) is 0.538. The Morgan fingerprint density at radius 2 is 1.88 bits per heavy atom. The van der Waals surface area contributed by atoms with E-state index in [9.17, 15) is 0 Å². The van der Waals surface area contributed by atoms with E-state index in [-0.39, 0.29) is 12.1 Å². The summed E-state index contributed by atoms with van der Waals surface area (Å²) in [5.41, 5.74) is 2.46. The molecule has 2 rings (SSSR count). The predicted octanol–water partition coefficient (Wildman–Crippen LogP) is 1.45. The highest BCUT2D eigenvalue weighted by molar-refractivity contribution is 5.22. The zero-order chi connectivity index (χ0) is 11.4. The van der Waals surface area contributed by atoms with Crippen molar-refractivity contribution in [2.75, 3.05) is 13.7 Å². The van der Waals surface area contributed by atoms with Crippen molar-refractivity contribution in [1.82, 2.24) is 5.32 Å². The molecule has 0 atom stereocenters. The molecule has 0 spiro atoms. The molecule has 1 fully saturated rings. The lowest BCUT2D eigenvalue weighted by atomic mass is 10.1. The van der Waals surface area contributed by atoms with E-state index in [2.05, 4.69) is 29.6 Å². The summed E-state index contributed by atoms with van der Waals surface area (Å²) >= 11 is 0. The molecule has 1 aromatic carbocycles. The number of rotatable bonds is 6. The summed E-state index contributed by atoms with van der Waals surface area (Å²) in [4.78, 5) is 0. The van der Waals surface area contributed by atoms with Crippen molar-refractivity contribution in [2.24, 2.45) is 0 Å². The van der Waals surface area contributed by atoms with Crippen LogP contribution in [0.4, 0.5) is 0 Å². The lowest BCUT2D eigenvalue weighted by Crippen LogP contribution is -2.34. The minimum absolute atomic E-state index is 0.0190. The normalized spacial score (nSPS) is 17.4. The smallest absolute Gasteiger partial charge is 0.0713 e. The molecule has 3 nitrogen and oxygen atoms in total. The van der Waals surface area contributed by atoms with Crippen LogP contribution in [-0.4, -0.2) is 24.4 Å². The molecule has 1 aliphatic rings. The maximum Gasteiger partial charge on any atom is 0.0713 e. The first kappa shape index (κ1) is 11.6. The van der Waals surface area contributed by atoms with Gasteiger partial charge in [-0.3, -0.25) is 0 Å². The van der Waals surface area contributed by atoms with Crippen molar-refractivity contribution < 1.29 is 9.84 Å². The van der Waals surface area contributed by atoms with E-state index >= 15 is 0 Å². The summed E-state index contributed by atoms with van der Waals surface area (Å²) < 4.78 is 5.06. The highest BCUT2D eigenvalue weighted by Gasteiger charge is 2.41.